The van der Waals surface area contributed by atoms with Crippen LogP contribution in [-0.2, 0) is 4.79 Å². The van der Waals surface area contributed by atoms with E-state index >= 15 is 0 Å². The Kier molecular flexibility index (Phi) is 5.90. The molecule has 0 bridgehead atoms. The summed E-state index contributed by atoms with van der Waals surface area (Å²) in [5, 5.41) is 3.07. The van der Waals surface area contributed by atoms with Crippen molar-refractivity contribution in [1.82, 2.24) is 10.2 Å². The quantitative estimate of drug-likeness (QED) is 0.740. The lowest BCUT2D eigenvalue weighted by molar-refractivity contribution is -0.123. The van der Waals surface area contributed by atoms with Gasteiger partial charge in [0.25, 0.3) is 0 Å². The second-order valence-corrected chi connectivity index (χ2v) is 7.77. The van der Waals surface area contributed by atoms with Gasteiger partial charge in [0, 0.05) is 37.4 Å². The van der Waals surface area contributed by atoms with Gasteiger partial charge in [0.15, 0.2) is 17.3 Å². The monoisotopic (exact) mass is 409 g/mol. The third-order valence-electron chi connectivity index (χ3n) is 5.65. The molecule has 30 heavy (non-hydrogen) atoms. The fourth-order valence-corrected chi connectivity index (χ4v) is 3.83. The second-order valence-electron chi connectivity index (χ2n) is 7.77. The molecule has 2 aliphatic heterocycles. The van der Waals surface area contributed by atoms with Crippen molar-refractivity contribution in [1.29, 1.82) is 0 Å². The molecule has 158 valence electrons. The van der Waals surface area contributed by atoms with Gasteiger partial charge in [-0.25, -0.2) is 0 Å². The summed E-state index contributed by atoms with van der Waals surface area (Å²) in [6.07, 6.45) is 0. The summed E-state index contributed by atoms with van der Waals surface area (Å²) in [5.74, 6) is 1.55. The molecule has 0 aromatic heterocycles. The molecular weight excluding hydrogens is 382 g/mol. The van der Waals surface area contributed by atoms with E-state index in [0.717, 1.165) is 54.5 Å². The van der Waals surface area contributed by atoms with E-state index in [9.17, 15) is 9.59 Å². The first-order valence-corrected chi connectivity index (χ1v) is 10.3. The molecule has 1 atom stereocenters. The molecule has 1 saturated heterocycles. The topological polar surface area (TPSA) is 71.1 Å². The maximum Gasteiger partial charge on any atom is 0.234 e. The average molecular weight is 409 g/mol. The first kappa shape index (κ1) is 20.2. The van der Waals surface area contributed by atoms with Crippen LogP contribution in [0.3, 0.4) is 0 Å². The predicted molar refractivity (Wildman–Crippen MR) is 114 cm³/mol. The van der Waals surface area contributed by atoms with Crippen molar-refractivity contribution in [3.05, 3.63) is 53.6 Å². The van der Waals surface area contributed by atoms with Gasteiger partial charge in [0.2, 0.25) is 12.7 Å². The van der Waals surface area contributed by atoms with Gasteiger partial charge in [-0.15, -0.1) is 0 Å². The number of benzene rings is 2. The van der Waals surface area contributed by atoms with E-state index in [1.165, 1.54) is 0 Å². The first-order chi connectivity index (χ1) is 14.5. The number of hydrogen-bond acceptors (Lipinski definition) is 6. The van der Waals surface area contributed by atoms with Gasteiger partial charge < -0.3 is 19.7 Å². The molecule has 7 nitrogen and oxygen atoms in total. The third kappa shape index (κ3) is 4.57. The molecule has 2 heterocycles. The van der Waals surface area contributed by atoms with Crippen LogP contribution in [0.2, 0.25) is 0 Å². The fraction of sp³-hybridized carbons (Fsp3) is 0.391. The molecule has 0 aliphatic carbocycles. The lowest BCUT2D eigenvalue weighted by atomic mass is 10.1. The molecule has 2 aromatic carbocycles. The highest BCUT2D eigenvalue weighted by Crippen LogP contribution is 2.34. The average Bonchev–Trinajstić information content (AvgIpc) is 3.22. The van der Waals surface area contributed by atoms with E-state index in [1.807, 2.05) is 49.4 Å². The van der Waals surface area contributed by atoms with E-state index < -0.39 is 0 Å². The number of Topliss-reactive ketones (excluding diaryl/α,β-unsaturated/α-hetero) is 1. The minimum absolute atomic E-state index is 0.0134. The Morgan fingerprint density at radius 3 is 2.40 bits per heavy atom. The number of rotatable bonds is 6. The van der Waals surface area contributed by atoms with Crippen LogP contribution in [0.4, 0.5) is 5.69 Å². The van der Waals surface area contributed by atoms with E-state index in [-0.39, 0.29) is 24.5 Å². The largest absolute Gasteiger partial charge is 0.454 e. The van der Waals surface area contributed by atoms with Crippen LogP contribution >= 0.6 is 0 Å². The summed E-state index contributed by atoms with van der Waals surface area (Å²) in [6, 6.07) is 13.4. The molecule has 0 unspecified atom stereocenters. The van der Waals surface area contributed by atoms with Crippen LogP contribution in [-0.4, -0.2) is 56.1 Å². The van der Waals surface area contributed by atoms with Crippen LogP contribution in [0.1, 0.15) is 35.8 Å². The van der Waals surface area contributed by atoms with Gasteiger partial charge in [0.1, 0.15) is 0 Å². The number of amides is 1. The molecule has 4 rings (SSSR count). The summed E-state index contributed by atoms with van der Waals surface area (Å²) >= 11 is 0. The van der Waals surface area contributed by atoms with Crippen LogP contribution in [0.15, 0.2) is 42.5 Å². The van der Waals surface area contributed by atoms with Crippen molar-refractivity contribution in [2.24, 2.45) is 0 Å². The number of carbonyl (C=O) groups excluding carboxylic acids is 2. The number of piperazine rings is 1. The number of anilines is 1. The summed E-state index contributed by atoms with van der Waals surface area (Å²) in [6.45, 7) is 7.51. The molecule has 2 aliphatic rings. The number of nitrogens with zero attached hydrogens (tertiary/aromatic N) is 2. The Morgan fingerprint density at radius 2 is 1.70 bits per heavy atom. The smallest absolute Gasteiger partial charge is 0.234 e. The van der Waals surface area contributed by atoms with Crippen molar-refractivity contribution in [2.45, 2.75) is 19.9 Å². The van der Waals surface area contributed by atoms with Crippen LogP contribution < -0.4 is 19.7 Å². The standard InChI is InChI=1S/C23H27N3O4/c1-16(19-5-8-21-22(13-19)30-15-29-21)24-23(28)14-25-9-11-26(12-10-25)20-6-3-18(4-7-20)17(2)27/h3-8,13,16H,9-12,14-15H2,1-2H3,(H,24,28)/t16-/m1/s1. The number of ketones is 1. The molecule has 2 aromatic rings. The van der Waals surface area contributed by atoms with Crippen molar-refractivity contribution in [3.8, 4) is 11.5 Å². The number of carbonyl (C=O) groups is 2. The van der Waals surface area contributed by atoms with Crippen molar-refractivity contribution < 1.29 is 19.1 Å². The zero-order chi connectivity index (χ0) is 21.1. The highest BCUT2D eigenvalue weighted by Gasteiger charge is 2.21. The summed E-state index contributed by atoms with van der Waals surface area (Å²) in [7, 11) is 0. The number of hydrogen-bond donors (Lipinski definition) is 1. The van der Waals surface area contributed by atoms with E-state index in [1.54, 1.807) is 6.92 Å². The number of ether oxygens (including phenoxy) is 2. The van der Waals surface area contributed by atoms with Gasteiger partial charge in [0.05, 0.1) is 12.6 Å². The van der Waals surface area contributed by atoms with Crippen LogP contribution in [0, 0.1) is 0 Å². The Labute approximate surface area is 176 Å². The predicted octanol–water partition coefficient (Wildman–Crippen LogP) is 2.62. The summed E-state index contributed by atoms with van der Waals surface area (Å²) in [4.78, 5) is 28.4. The summed E-state index contributed by atoms with van der Waals surface area (Å²) < 4.78 is 10.8. The third-order valence-corrected chi connectivity index (χ3v) is 5.65. The number of fused-ring (bicyclic) bond motifs is 1. The van der Waals surface area contributed by atoms with Crippen molar-refractivity contribution >= 4 is 17.4 Å². The Morgan fingerprint density at radius 1 is 1.00 bits per heavy atom. The van der Waals surface area contributed by atoms with Crippen LogP contribution in [0.25, 0.3) is 0 Å². The number of nitrogens with one attached hydrogen (secondary N) is 1. The molecular formula is C23H27N3O4. The maximum absolute atomic E-state index is 12.5. The zero-order valence-electron chi connectivity index (χ0n) is 17.4. The Balaban J connectivity index is 1.25. The van der Waals surface area contributed by atoms with Crippen LogP contribution in [0.5, 0.6) is 11.5 Å². The normalized spacial score (nSPS) is 16.9. The fourth-order valence-electron chi connectivity index (χ4n) is 3.83. The van der Waals surface area contributed by atoms with Crippen molar-refractivity contribution in [3.63, 3.8) is 0 Å². The minimum atomic E-state index is -0.104. The molecule has 7 heteroatoms. The molecule has 1 N–H and O–H groups in total. The van der Waals surface area contributed by atoms with Gasteiger partial charge in [-0.05, 0) is 55.8 Å². The lowest BCUT2D eigenvalue weighted by Gasteiger charge is -2.36. The molecule has 0 spiro atoms. The SMILES string of the molecule is CC(=O)c1ccc(N2CCN(CC(=O)N[C@H](C)c3ccc4c(c3)OCO4)CC2)cc1. The van der Waals surface area contributed by atoms with E-state index in [4.69, 9.17) is 9.47 Å². The minimum Gasteiger partial charge on any atom is -0.454 e. The zero-order valence-corrected chi connectivity index (χ0v) is 17.4. The van der Waals surface area contributed by atoms with E-state index in [2.05, 4.69) is 15.1 Å². The Bertz CT molecular complexity index is 921. The molecule has 1 fully saturated rings. The maximum atomic E-state index is 12.5. The Hall–Kier alpha value is -3.06. The second kappa shape index (κ2) is 8.75. The molecule has 0 saturated carbocycles. The highest BCUT2D eigenvalue weighted by molar-refractivity contribution is 5.94. The van der Waals surface area contributed by atoms with Gasteiger partial charge in [-0.3, -0.25) is 14.5 Å². The van der Waals surface area contributed by atoms with Gasteiger partial charge >= 0.3 is 0 Å². The molecule has 1 amide bonds. The lowest BCUT2D eigenvalue weighted by Crippen LogP contribution is -2.49. The highest BCUT2D eigenvalue weighted by atomic mass is 16.7. The van der Waals surface area contributed by atoms with Gasteiger partial charge in [-0.2, -0.15) is 0 Å². The van der Waals surface area contributed by atoms with Crippen molar-refractivity contribution in [2.75, 3.05) is 44.4 Å². The first-order valence-electron chi connectivity index (χ1n) is 10.3. The molecule has 0 radical (unpaired) electrons. The summed E-state index contributed by atoms with van der Waals surface area (Å²) in [5.41, 5.74) is 2.83. The van der Waals surface area contributed by atoms with Gasteiger partial charge in [-0.1, -0.05) is 6.07 Å². The van der Waals surface area contributed by atoms with E-state index in [0.29, 0.717) is 6.54 Å².